The Balaban J connectivity index is 2.86. The summed E-state index contributed by atoms with van der Waals surface area (Å²) in [7, 11) is 0. The summed E-state index contributed by atoms with van der Waals surface area (Å²) in [5, 5.41) is 0. The van der Waals surface area contributed by atoms with Gasteiger partial charge in [0.05, 0.1) is 0 Å². The third kappa shape index (κ3) is 2.55. The highest BCUT2D eigenvalue weighted by Gasteiger charge is 2.04. The average Bonchev–Trinajstić information content (AvgIpc) is 2.26. The maximum absolute atomic E-state index is 10.6. The van der Waals surface area contributed by atoms with Gasteiger partial charge in [0, 0.05) is 24.8 Å². The van der Waals surface area contributed by atoms with Gasteiger partial charge in [0.15, 0.2) is 0 Å². The van der Waals surface area contributed by atoms with E-state index in [2.05, 4.69) is 23.7 Å². The van der Waals surface area contributed by atoms with Crippen molar-refractivity contribution in [1.82, 2.24) is 4.98 Å². The molecule has 0 aliphatic carbocycles. The Kier molecular flexibility index (Phi) is 4.11. The van der Waals surface area contributed by atoms with Crippen LogP contribution in [0.25, 0.3) is 0 Å². The first kappa shape index (κ1) is 10.7. The molecule has 0 atom stereocenters. The summed E-state index contributed by atoms with van der Waals surface area (Å²) in [4.78, 5) is 17.0. The van der Waals surface area contributed by atoms with Crippen LogP contribution in [0, 0.1) is 0 Å². The summed E-state index contributed by atoms with van der Waals surface area (Å²) in [5.41, 5.74) is 0.685. The molecule has 0 bridgehead atoms. The molecule has 0 aliphatic rings. The summed E-state index contributed by atoms with van der Waals surface area (Å²) in [6.07, 6.45) is 3.61. The lowest BCUT2D eigenvalue weighted by molar-refractivity contribution is 0.112. The zero-order valence-electron chi connectivity index (χ0n) is 8.73. The van der Waals surface area contributed by atoms with Crippen LogP contribution in [-0.2, 0) is 0 Å². The fourth-order valence-electron chi connectivity index (χ4n) is 1.38. The van der Waals surface area contributed by atoms with Crippen molar-refractivity contribution in [2.75, 3.05) is 18.0 Å². The molecule has 0 amide bonds. The third-order valence-electron chi connectivity index (χ3n) is 2.10. The van der Waals surface area contributed by atoms with Gasteiger partial charge in [0.25, 0.3) is 0 Å². The molecule has 1 rings (SSSR count). The lowest BCUT2D eigenvalue weighted by Gasteiger charge is -2.20. The zero-order chi connectivity index (χ0) is 10.4. The molecule has 1 heterocycles. The highest BCUT2D eigenvalue weighted by atomic mass is 16.1. The van der Waals surface area contributed by atoms with Gasteiger partial charge in [0.1, 0.15) is 12.1 Å². The number of carbonyl (C=O) groups excluding carboxylic acids is 1. The maximum atomic E-state index is 10.6. The minimum absolute atomic E-state index is 0.685. The number of carbonyl (C=O) groups is 1. The first-order chi connectivity index (χ1) is 6.81. The molecule has 0 saturated carbocycles. The molecule has 0 N–H and O–H groups in total. The topological polar surface area (TPSA) is 33.2 Å². The molecule has 0 fully saturated rings. The second kappa shape index (κ2) is 5.37. The monoisotopic (exact) mass is 192 g/mol. The van der Waals surface area contributed by atoms with Crippen molar-refractivity contribution in [3.63, 3.8) is 0 Å². The highest BCUT2D eigenvalue weighted by molar-refractivity contribution is 5.76. The van der Waals surface area contributed by atoms with Crippen LogP contribution in [-0.4, -0.2) is 24.4 Å². The second-order valence-electron chi connectivity index (χ2n) is 3.14. The Morgan fingerprint density at radius 2 is 2.29 bits per heavy atom. The molecule has 1 aromatic heterocycles. The van der Waals surface area contributed by atoms with Crippen LogP contribution >= 0.6 is 0 Å². The van der Waals surface area contributed by atoms with E-state index >= 15 is 0 Å². The van der Waals surface area contributed by atoms with Crippen LogP contribution in [0.4, 0.5) is 5.82 Å². The van der Waals surface area contributed by atoms with Gasteiger partial charge >= 0.3 is 0 Å². The van der Waals surface area contributed by atoms with Gasteiger partial charge in [-0.25, -0.2) is 4.98 Å². The minimum Gasteiger partial charge on any atom is -0.357 e. The van der Waals surface area contributed by atoms with E-state index in [-0.39, 0.29) is 0 Å². The molecule has 0 aromatic carbocycles. The van der Waals surface area contributed by atoms with E-state index < -0.39 is 0 Å². The number of aldehydes is 1. The molecule has 0 radical (unpaired) electrons. The number of anilines is 1. The standard InChI is InChI=1S/C11H16N2O/c1-3-7-13(4-2)11-8-10(9-14)5-6-12-11/h5-6,8-9H,3-4,7H2,1-2H3. The predicted molar refractivity (Wildman–Crippen MR) is 57.8 cm³/mol. The number of nitrogens with zero attached hydrogens (tertiary/aromatic N) is 2. The molecule has 14 heavy (non-hydrogen) atoms. The zero-order valence-corrected chi connectivity index (χ0v) is 8.73. The number of rotatable bonds is 5. The molecule has 0 saturated heterocycles. The Bertz CT molecular complexity index is 299. The largest absolute Gasteiger partial charge is 0.357 e. The molecule has 1 aromatic rings. The smallest absolute Gasteiger partial charge is 0.150 e. The van der Waals surface area contributed by atoms with Crippen LogP contribution < -0.4 is 4.90 Å². The number of aromatic nitrogens is 1. The van der Waals surface area contributed by atoms with Crippen LogP contribution in [0.15, 0.2) is 18.3 Å². The van der Waals surface area contributed by atoms with Crippen molar-refractivity contribution in [3.8, 4) is 0 Å². The summed E-state index contributed by atoms with van der Waals surface area (Å²) < 4.78 is 0. The lowest BCUT2D eigenvalue weighted by Crippen LogP contribution is -2.24. The highest BCUT2D eigenvalue weighted by Crippen LogP contribution is 2.11. The Hall–Kier alpha value is -1.38. The van der Waals surface area contributed by atoms with Gasteiger partial charge in [-0.1, -0.05) is 6.92 Å². The molecular formula is C11H16N2O. The third-order valence-corrected chi connectivity index (χ3v) is 2.10. The van der Waals surface area contributed by atoms with E-state index in [0.717, 1.165) is 31.6 Å². The van der Waals surface area contributed by atoms with E-state index in [1.54, 1.807) is 12.3 Å². The van der Waals surface area contributed by atoms with Crippen LogP contribution in [0.5, 0.6) is 0 Å². The van der Waals surface area contributed by atoms with Crippen LogP contribution in [0.3, 0.4) is 0 Å². The Labute approximate surface area is 84.8 Å². The maximum Gasteiger partial charge on any atom is 0.150 e. The van der Waals surface area contributed by atoms with Gasteiger partial charge in [-0.05, 0) is 25.5 Å². The fraction of sp³-hybridized carbons (Fsp3) is 0.455. The second-order valence-corrected chi connectivity index (χ2v) is 3.14. The van der Waals surface area contributed by atoms with Crippen molar-refractivity contribution >= 4 is 12.1 Å². The minimum atomic E-state index is 0.685. The van der Waals surface area contributed by atoms with Gasteiger partial charge < -0.3 is 4.90 Å². The van der Waals surface area contributed by atoms with Crippen LogP contribution in [0.2, 0.25) is 0 Å². The number of hydrogen-bond donors (Lipinski definition) is 0. The van der Waals surface area contributed by atoms with Crippen molar-refractivity contribution in [3.05, 3.63) is 23.9 Å². The van der Waals surface area contributed by atoms with Crippen molar-refractivity contribution < 1.29 is 4.79 Å². The molecule has 0 spiro atoms. The summed E-state index contributed by atoms with van der Waals surface area (Å²) in [6.45, 7) is 6.12. The molecule has 76 valence electrons. The van der Waals surface area contributed by atoms with Gasteiger partial charge in [-0.2, -0.15) is 0 Å². The average molecular weight is 192 g/mol. The Morgan fingerprint density at radius 3 is 2.86 bits per heavy atom. The van der Waals surface area contributed by atoms with E-state index in [9.17, 15) is 4.79 Å². The van der Waals surface area contributed by atoms with Crippen molar-refractivity contribution in [2.24, 2.45) is 0 Å². The first-order valence-corrected chi connectivity index (χ1v) is 4.98. The SMILES string of the molecule is CCCN(CC)c1cc(C=O)ccn1. The quantitative estimate of drug-likeness (QED) is 0.670. The van der Waals surface area contributed by atoms with E-state index in [0.29, 0.717) is 5.56 Å². The predicted octanol–water partition coefficient (Wildman–Crippen LogP) is 2.13. The normalized spacial score (nSPS) is 9.86. The van der Waals surface area contributed by atoms with Gasteiger partial charge in [0.2, 0.25) is 0 Å². The molecular weight excluding hydrogens is 176 g/mol. The van der Waals surface area contributed by atoms with Gasteiger partial charge in [-0.3, -0.25) is 4.79 Å². The lowest BCUT2D eigenvalue weighted by atomic mass is 10.2. The van der Waals surface area contributed by atoms with E-state index in [4.69, 9.17) is 0 Å². The number of pyridine rings is 1. The van der Waals surface area contributed by atoms with Crippen LogP contribution in [0.1, 0.15) is 30.6 Å². The molecule has 3 heteroatoms. The molecule has 3 nitrogen and oxygen atoms in total. The van der Waals surface area contributed by atoms with Gasteiger partial charge in [-0.15, -0.1) is 0 Å². The summed E-state index contributed by atoms with van der Waals surface area (Å²) in [6, 6.07) is 3.54. The Morgan fingerprint density at radius 1 is 1.50 bits per heavy atom. The molecule has 0 aliphatic heterocycles. The number of hydrogen-bond acceptors (Lipinski definition) is 3. The van der Waals surface area contributed by atoms with E-state index in [1.807, 2.05) is 6.07 Å². The van der Waals surface area contributed by atoms with E-state index in [1.165, 1.54) is 0 Å². The van der Waals surface area contributed by atoms with Crippen molar-refractivity contribution in [2.45, 2.75) is 20.3 Å². The summed E-state index contributed by atoms with van der Waals surface area (Å²) >= 11 is 0. The first-order valence-electron chi connectivity index (χ1n) is 4.98. The van der Waals surface area contributed by atoms with Crippen molar-refractivity contribution in [1.29, 1.82) is 0 Å². The summed E-state index contributed by atoms with van der Waals surface area (Å²) in [5.74, 6) is 0.888. The molecule has 0 unspecified atom stereocenters. The fourth-order valence-corrected chi connectivity index (χ4v) is 1.38.